The lowest BCUT2D eigenvalue weighted by Crippen LogP contribution is -2.08. The summed E-state index contributed by atoms with van der Waals surface area (Å²) < 4.78 is 1.25. The Kier molecular flexibility index (Phi) is 4.59. The Morgan fingerprint density at radius 1 is 1.27 bits per heavy atom. The van der Waals surface area contributed by atoms with Gasteiger partial charge < -0.3 is 0 Å². The Labute approximate surface area is 102 Å². The molecule has 1 atom stereocenters. The molecule has 0 fully saturated rings. The number of allylic oxidation sites excluding steroid dienone is 1. The molecule has 0 bridgehead atoms. The molecule has 0 radical (unpaired) electrons. The summed E-state index contributed by atoms with van der Waals surface area (Å²) in [7, 11) is 0. The summed E-state index contributed by atoms with van der Waals surface area (Å²) in [5, 5.41) is 0. The molecule has 0 aromatic heterocycles. The minimum Gasteiger partial charge on any atom is -0.0696 e. The molecule has 1 unspecified atom stereocenters. The van der Waals surface area contributed by atoms with Gasteiger partial charge in [-0.1, -0.05) is 60.5 Å². The smallest absolute Gasteiger partial charge is 0.0213 e. The Bertz CT molecular complexity index is 364. The number of benzene rings is 1. The minimum atomic E-state index is 0.686. The molecule has 1 aliphatic rings. The number of hydrogen-bond donors (Lipinski definition) is 0. The molecular weight excluding hydrogens is 248 g/mol. The Balaban J connectivity index is 0.000000531. The monoisotopic (exact) mass is 266 g/mol. The van der Waals surface area contributed by atoms with Crippen molar-refractivity contribution in [1.29, 1.82) is 0 Å². The van der Waals surface area contributed by atoms with Crippen molar-refractivity contribution in [3.63, 3.8) is 0 Å². The van der Waals surface area contributed by atoms with E-state index in [1.165, 1.54) is 27.6 Å². The van der Waals surface area contributed by atoms with Crippen LogP contribution in [0.2, 0.25) is 0 Å². The average molecular weight is 267 g/mol. The molecule has 1 aromatic carbocycles. The van der Waals surface area contributed by atoms with Crippen LogP contribution in [0.1, 0.15) is 38.8 Å². The van der Waals surface area contributed by atoms with Gasteiger partial charge in [-0.3, -0.25) is 0 Å². The summed E-state index contributed by atoms with van der Waals surface area (Å²) in [5.41, 5.74) is 4.33. The molecule has 0 spiro atoms. The summed E-state index contributed by atoms with van der Waals surface area (Å²) in [4.78, 5) is 0. The van der Waals surface area contributed by atoms with E-state index >= 15 is 0 Å². The standard InChI is InChI=1S/C12H13Br.C2H6/c1-8-6-10-4-3-5-12(13)11(10)7-9(8)2;1-2/h3-6,9H,7H2,1-2H3;1-2H3. The van der Waals surface area contributed by atoms with Crippen LogP contribution in [0.5, 0.6) is 0 Å². The Morgan fingerprint density at radius 3 is 2.60 bits per heavy atom. The van der Waals surface area contributed by atoms with Gasteiger partial charge in [-0.05, 0) is 36.5 Å². The quantitative estimate of drug-likeness (QED) is 0.615. The van der Waals surface area contributed by atoms with Crippen LogP contribution in [-0.4, -0.2) is 0 Å². The van der Waals surface area contributed by atoms with Crippen LogP contribution in [0.25, 0.3) is 6.08 Å². The largest absolute Gasteiger partial charge is 0.0696 e. The van der Waals surface area contributed by atoms with E-state index in [0.29, 0.717) is 5.92 Å². The molecule has 1 aliphatic carbocycles. The predicted octanol–water partition coefficient (Wildman–Crippen LogP) is 5.07. The zero-order chi connectivity index (χ0) is 11.4. The van der Waals surface area contributed by atoms with Gasteiger partial charge in [0.05, 0.1) is 0 Å². The average Bonchev–Trinajstić information content (AvgIpc) is 2.24. The van der Waals surface area contributed by atoms with E-state index in [0.717, 1.165) is 0 Å². The van der Waals surface area contributed by atoms with E-state index < -0.39 is 0 Å². The van der Waals surface area contributed by atoms with Gasteiger partial charge in [0.1, 0.15) is 0 Å². The highest BCUT2D eigenvalue weighted by atomic mass is 79.9. The van der Waals surface area contributed by atoms with E-state index in [9.17, 15) is 0 Å². The van der Waals surface area contributed by atoms with Gasteiger partial charge in [0, 0.05) is 4.47 Å². The van der Waals surface area contributed by atoms with Crippen LogP contribution < -0.4 is 0 Å². The van der Waals surface area contributed by atoms with Crippen molar-refractivity contribution in [2.45, 2.75) is 34.1 Å². The van der Waals surface area contributed by atoms with Crippen LogP contribution in [0.3, 0.4) is 0 Å². The van der Waals surface area contributed by atoms with E-state index in [2.05, 4.69) is 54.1 Å². The maximum absolute atomic E-state index is 3.60. The van der Waals surface area contributed by atoms with Crippen molar-refractivity contribution in [1.82, 2.24) is 0 Å². The highest BCUT2D eigenvalue weighted by molar-refractivity contribution is 9.10. The first-order chi connectivity index (χ1) is 7.18. The van der Waals surface area contributed by atoms with E-state index in [1.54, 1.807) is 0 Å². The van der Waals surface area contributed by atoms with Crippen molar-refractivity contribution in [2.24, 2.45) is 5.92 Å². The number of hydrogen-bond acceptors (Lipinski definition) is 0. The molecule has 1 aromatic rings. The molecule has 82 valence electrons. The molecule has 0 N–H and O–H groups in total. The normalized spacial score (nSPS) is 18.5. The molecular formula is C14H19Br. The Hall–Kier alpha value is -0.560. The van der Waals surface area contributed by atoms with Crippen LogP contribution >= 0.6 is 15.9 Å². The fourth-order valence-corrected chi connectivity index (χ4v) is 2.32. The van der Waals surface area contributed by atoms with Crippen molar-refractivity contribution >= 4 is 22.0 Å². The van der Waals surface area contributed by atoms with E-state index in [4.69, 9.17) is 0 Å². The molecule has 0 saturated heterocycles. The molecule has 2 rings (SSSR count). The van der Waals surface area contributed by atoms with Gasteiger partial charge in [-0.2, -0.15) is 0 Å². The molecule has 0 saturated carbocycles. The van der Waals surface area contributed by atoms with Gasteiger partial charge in [-0.15, -0.1) is 0 Å². The van der Waals surface area contributed by atoms with Gasteiger partial charge in [-0.25, -0.2) is 0 Å². The number of rotatable bonds is 0. The predicted molar refractivity (Wildman–Crippen MR) is 72.0 cm³/mol. The fraction of sp³-hybridized carbons (Fsp3) is 0.429. The SMILES string of the molecule is CC.CC1=Cc2cccc(Br)c2CC1C. The third kappa shape index (κ3) is 2.72. The summed E-state index contributed by atoms with van der Waals surface area (Å²) >= 11 is 3.60. The van der Waals surface area contributed by atoms with Crippen molar-refractivity contribution in [3.8, 4) is 0 Å². The number of halogens is 1. The fourth-order valence-electron chi connectivity index (χ4n) is 1.78. The maximum Gasteiger partial charge on any atom is 0.0213 e. The molecule has 15 heavy (non-hydrogen) atoms. The Morgan fingerprint density at radius 2 is 1.93 bits per heavy atom. The highest BCUT2D eigenvalue weighted by Gasteiger charge is 2.15. The van der Waals surface area contributed by atoms with Crippen molar-refractivity contribution in [3.05, 3.63) is 39.4 Å². The third-order valence-corrected chi connectivity index (χ3v) is 3.57. The lowest BCUT2D eigenvalue weighted by Gasteiger charge is -2.21. The second kappa shape index (κ2) is 5.50. The minimum absolute atomic E-state index is 0.686. The van der Waals surface area contributed by atoms with Crippen molar-refractivity contribution in [2.75, 3.05) is 0 Å². The van der Waals surface area contributed by atoms with Crippen LogP contribution in [0.4, 0.5) is 0 Å². The maximum atomic E-state index is 3.60. The van der Waals surface area contributed by atoms with Gasteiger partial charge in [0.15, 0.2) is 0 Å². The first-order valence-electron chi connectivity index (χ1n) is 5.64. The van der Waals surface area contributed by atoms with Crippen LogP contribution in [0, 0.1) is 5.92 Å². The van der Waals surface area contributed by atoms with Gasteiger partial charge >= 0.3 is 0 Å². The highest BCUT2D eigenvalue weighted by Crippen LogP contribution is 2.32. The summed E-state index contributed by atoms with van der Waals surface area (Å²) in [5.74, 6) is 0.686. The number of fused-ring (bicyclic) bond motifs is 1. The second-order valence-electron chi connectivity index (χ2n) is 3.80. The first kappa shape index (κ1) is 12.5. The van der Waals surface area contributed by atoms with Gasteiger partial charge in [0.25, 0.3) is 0 Å². The van der Waals surface area contributed by atoms with Gasteiger partial charge in [0.2, 0.25) is 0 Å². The molecule has 0 nitrogen and oxygen atoms in total. The first-order valence-corrected chi connectivity index (χ1v) is 6.43. The summed E-state index contributed by atoms with van der Waals surface area (Å²) in [6, 6.07) is 6.41. The van der Waals surface area contributed by atoms with Crippen molar-refractivity contribution < 1.29 is 0 Å². The lowest BCUT2D eigenvalue weighted by atomic mass is 9.85. The summed E-state index contributed by atoms with van der Waals surface area (Å²) in [6.45, 7) is 8.50. The van der Waals surface area contributed by atoms with E-state index in [-0.39, 0.29) is 0 Å². The zero-order valence-electron chi connectivity index (χ0n) is 9.97. The van der Waals surface area contributed by atoms with E-state index in [1.807, 2.05) is 13.8 Å². The molecule has 0 heterocycles. The third-order valence-electron chi connectivity index (χ3n) is 2.83. The molecule has 1 heteroatoms. The second-order valence-corrected chi connectivity index (χ2v) is 4.66. The zero-order valence-corrected chi connectivity index (χ0v) is 11.6. The molecule has 0 aliphatic heterocycles. The molecule has 0 amide bonds. The summed E-state index contributed by atoms with van der Waals surface area (Å²) in [6.07, 6.45) is 3.47. The lowest BCUT2D eigenvalue weighted by molar-refractivity contribution is 0.670. The van der Waals surface area contributed by atoms with Crippen LogP contribution in [0.15, 0.2) is 28.2 Å². The topological polar surface area (TPSA) is 0 Å². The van der Waals surface area contributed by atoms with Crippen LogP contribution in [-0.2, 0) is 6.42 Å².